The Morgan fingerprint density at radius 1 is 1.14 bits per heavy atom. The van der Waals surface area contributed by atoms with Gasteiger partial charge in [0.15, 0.2) is 23.7 Å². The van der Waals surface area contributed by atoms with Crippen LogP contribution in [-0.4, -0.2) is 52.6 Å². The third-order valence-corrected chi connectivity index (χ3v) is 9.81. The van der Waals surface area contributed by atoms with Crippen LogP contribution >= 0.6 is 0 Å². The average Bonchev–Trinajstić information content (AvgIpc) is 3.05. The Morgan fingerprint density at radius 3 is 2.44 bits per heavy atom. The lowest BCUT2D eigenvalue weighted by Crippen LogP contribution is -2.70. The van der Waals surface area contributed by atoms with Gasteiger partial charge in [0.1, 0.15) is 0 Å². The third kappa shape index (κ3) is 3.39. The number of hydrogen-bond acceptors (Lipinski definition) is 7. The van der Waals surface area contributed by atoms with Gasteiger partial charge in [0.2, 0.25) is 5.78 Å². The first-order valence-corrected chi connectivity index (χ1v) is 13.0. The Hall–Kier alpha value is -2.35. The highest BCUT2D eigenvalue weighted by Gasteiger charge is 2.77. The summed E-state index contributed by atoms with van der Waals surface area (Å²) in [6, 6.07) is 0. The Bertz CT molecular complexity index is 1050. The van der Waals surface area contributed by atoms with Gasteiger partial charge >= 0.3 is 11.9 Å². The summed E-state index contributed by atoms with van der Waals surface area (Å²) in [6.07, 6.45) is 4.32. The van der Waals surface area contributed by atoms with Gasteiger partial charge in [-0.15, -0.1) is 0 Å². The molecule has 198 valence electrons. The van der Waals surface area contributed by atoms with Crippen LogP contribution < -0.4 is 0 Å². The largest absolute Gasteiger partial charge is 0.457 e. The van der Waals surface area contributed by atoms with Gasteiger partial charge in [-0.3, -0.25) is 19.2 Å². The van der Waals surface area contributed by atoms with Crippen LogP contribution in [0.25, 0.3) is 0 Å². The van der Waals surface area contributed by atoms with E-state index < -0.39 is 64.4 Å². The van der Waals surface area contributed by atoms with E-state index in [1.165, 1.54) is 12.2 Å². The highest BCUT2D eigenvalue weighted by molar-refractivity contribution is 6.01. The second kappa shape index (κ2) is 8.89. The van der Waals surface area contributed by atoms with Crippen molar-refractivity contribution in [3.05, 3.63) is 23.8 Å². The topological polar surface area (TPSA) is 107 Å². The lowest BCUT2D eigenvalue weighted by atomic mass is 9.44. The van der Waals surface area contributed by atoms with Crippen LogP contribution in [0.2, 0.25) is 0 Å². The maximum absolute atomic E-state index is 17.4. The number of ketones is 2. The van der Waals surface area contributed by atoms with Crippen molar-refractivity contribution in [3.8, 4) is 0 Å². The number of Topliss-reactive ketones (excluding diaryl/α,β-unsaturated/α-hetero) is 1. The molecule has 8 atom stereocenters. The predicted molar refractivity (Wildman–Crippen MR) is 128 cm³/mol. The summed E-state index contributed by atoms with van der Waals surface area (Å²) < 4.78 is 28.5. The maximum Gasteiger partial charge on any atom is 0.306 e. The summed E-state index contributed by atoms with van der Waals surface area (Å²) in [4.78, 5) is 50.3. The molecule has 4 aliphatic carbocycles. The monoisotopic (exact) mass is 504 g/mol. The van der Waals surface area contributed by atoms with E-state index in [1.54, 1.807) is 33.8 Å². The van der Waals surface area contributed by atoms with Crippen LogP contribution in [0.5, 0.6) is 0 Å². The van der Waals surface area contributed by atoms with Crippen LogP contribution in [0.4, 0.5) is 4.39 Å². The Morgan fingerprint density at radius 2 is 1.81 bits per heavy atom. The number of fused-ring (bicyclic) bond motifs is 5. The minimum Gasteiger partial charge on any atom is -0.457 e. The quantitative estimate of drug-likeness (QED) is 0.548. The Balaban J connectivity index is 1.80. The van der Waals surface area contributed by atoms with Crippen molar-refractivity contribution in [1.82, 2.24) is 0 Å². The van der Waals surface area contributed by atoms with Crippen LogP contribution in [0.1, 0.15) is 73.1 Å². The van der Waals surface area contributed by atoms with Crippen molar-refractivity contribution < 1.29 is 38.1 Å². The molecular weight excluding hydrogens is 467 g/mol. The highest BCUT2D eigenvalue weighted by Crippen LogP contribution is 2.71. The Labute approximate surface area is 211 Å². The summed E-state index contributed by atoms with van der Waals surface area (Å²) in [6.45, 7) is 8.05. The summed E-state index contributed by atoms with van der Waals surface area (Å²) in [5.41, 5.74) is -5.26. The fourth-order valence-electron chi connectivity index (χ4n) is 8.01. The number of allylic oxidation sites excluding steroid dienone is 4. The molecule has 6 unspecified atom stereocenters. The van der Waals surface area contributed by atoms with Crippen LogP contribution in [0, 0.1) is 28.6 Å². The molecule has 0 aromatic rings. The predicted octanol–water partition coefficient (Wildman–Crippen LogP) is 3.82. The van der Waals surface area contributed by atoms with Crippen molar-refractivity contribution in [2.75, 3.05) is 6.61 Å². The zero-order valence-corrected chi connectivity index (χ0v) is 21.8. The number of halogens is 1. The number of hydrogen-bond donors (Lipinski definition) is 1. The van der Waals surface area contributed by atoms with Gasteiger partial charge in [-0.1, -0.05) is 39.3 Å². The van der Waals surface area contributed by atoms with Gasteiger partial charge in [-0.25, -0.2) is 4.39 Å². The minimum atomic E-state index is -2.05. The third-order valence-electron chi connectivity index (χ3n) is 9.81. The summed E-state index contributed by atoms with van der Waals surface area (Å²) in [7, 11) is 0. The van der Waals surface area contributed by atoms with Crippen molar-refractivity contribution in [2.24, 2.45) is 28.6 Å². The molecule has 3 fully saturated rings. The van der Waals surface area contributed by atoms with E-state index in [-0.39, 0.29) is 31.0 Å². The molecule has 3 saturated carbocycles. The van der Waals surface area contributed by atoms with E-state index >= 15 is 4.39 Å². The van der Waals surface area contributed by atoms with Gasteiger partial charge in [-0.2, -0.15) is 0 Å². The van der Waals surface area contributed by atoms with Gasteiger partial charge in [-0.05, 0) is 50.7 Å². The smallest absolute Gasteiger partial charge is 0.306 e. The van der Waals surface area contributed by atoms with Crippen molar-refractivity contribution in [3.63, 3.8) is 0 Å². The van der Waals surface area contributed by atoms with E-state index in [2.05, 4.69) is 0 Å². The minimum absolute atomic E-state index is 0.0430. The average molecular weight is 505 g/mol. The van der Waals surface area contributed by atoms with E-state index in [0.717, 1.165) is 0 Å². The molecule has 0 spiro atoms. The normalized spacial score (nSPS) is 43.1. The van der Waals surface area contributed by atoms with Crippen molar-refractivity contribution in [2.45, 2.75) is 90.5 Å². The Kier molecular flexibility index (Phi) is 6.60. The molecule has 0 amide bonds. The molecule has 8 heteroatoms. The van der Waals surface area contributed by atoms with Gasteiger partial charge in [0, 0.05) is 35.5 Å². The first kappa shape index (κ1) is 26.7. The maximum atomic E-state index is 17.4. The fraction of sp³-hybridized carbons (Fsp3) is 0.714. The number of alkyl halides is 1. The standard InChI is InChI=1S/C28H37FO7/c1-6-23(33)35-15-22(32)28(36-24(34)7-2)16(3)12-20-19-9-8-17-13-18(30)10-11-25(17,4)27(19,29)21(31)14-26(20,28)5/h10-11,13,16,19-21,31H,6-9,12,14-15H2,1-5H3/t16-,19?,20?,21?,25?,26?,27?,28-/m0/s1. The molecule has 36 heavy (non-hydrogen) atoms. The lowest BCUT2D eigenvalue weighted by molar-refractivity contribution is -0.228. The molecular formula is C28H37FO7. The number of ether oxygens (including phenoxy) is 2. The SMILES string of the molecule is CCC(=O)OCC(=O)[C@@]1(OC(=O)CC)[C@@H](C)CC2C3CCC4=CC(=O)C=CC4(C)C3(F)C(O)CC21C. The van der Waals surface area contributed by atoms with Gasteiger partial charge < -0.3 is 14.6 Å². The first-order valence-electron chi connectivity index (χ1n) is 13.0. The second-order valence-electron chi connectivity index (χ2n) is 11.4. The zero-order valence-electron chi connectivity index (χ0n) is 21.8. The van der Waals surface area contributed by atoms with Crippen LogP contribution in [-0.2, 0) is 28.7 Å². The van der Waals surface area contributed by atoms with Gasteiger partial charge in [0.05, 0.1) is 6.10 Å². The van der Waals surface area contributed by atoms with E-state index in [1.807, 2.05) is 6.92 Å². The van der Waals surface area contributed by atoms with Gasteiger partial charge in [0.25, 0.3) is 0 Å². The molecule has 4 aliphatic rings. The fourth-order valence-corrected chi connectivity index (χ4v) is 8.01. The zero-order chi connectivity index (χ0) is 26.7. The van der Waals surface area contributed by atoms with Crippen LogP contribution in [0.3, 0.4) is 0 Å². The molecule has 0 aromatic carbocycles. The molecule has 0 bridgehead atoms. The molecule has 0 aliphatic heterocycles. The first-order chi connectivity index (χ1) is 16.8. The van der Waals surface area contributed by atoms with E-state index in [9.17, 15) is 24.3 Å². The highest BCUT2D eigenvalue weighted by atomic mass is 19.1. The summed E-state index contributed by atoms with van der Waals surface area (Å²) in [5, 5.41) is 11.5. The molecule has 0 aromatic heterocycles. The number of aliphatic hydroxyl groups is 1. The number of carbonyl (C=O) groups excluding carboxylic acids is 4. The van der Waals surface area contributed by atoms with E-state index in [4.69, 9.17) is 9.47 Å². The molecule has 7 nitrogen and oxygen atoms in total. The molecule has 0 saturated heterocycles. The number of rotatable bonds is 6. The molecule has 1 N–H and O–H groups in total. The van der Waals surface area contributed by atoms with Crippen molar-refractivity contribution in [1.29, 1.82) is 0 Å². The second-order valence-corrected chi connectivity index (χ2v) is 11.4. The number of carbonyl (C=O) groups is 4. The number of aliphatic hydroxyl groups excluding tert-OH is 1. The lowest BCUT2D eigenvalue weighted by Gasteiger charge is -2.62. The molecule has 0 radical (unpaired) electrons. The number of esters is 2. The molecule has 4 rings (SSSR count). The molecule has 0 heterocycles. The summed E-state index contributed by atoms with van der Waals surface area (Å²) >= 11 is 0. The van der Waals surface area contributed by atoms with Crippen LogP contribution in [0.15, 0.2) is 23.8 Å². The van der Waals surface area contributed by atoms with Crippen molar-refractivity contribution >= 4 is 23.5 Å². The summed E-state index contributed by atoms with van der Waals surface area (Å²) in [5.74, 6) is -3.31. The van der Waals surface area contributed by atoms with E-state index in [0.29, 0.717) is 24.8 Å².